The number of benzene rings is 2. The number of nitrogens with zero attached hydrogens (tertiary/aromatic N) is 1. The van der Waals surface area contributed by atoms with Crippen LogP contribution in [0.3, 0.4) is 0 Å². The summed E-state index contributed by atoms with van der Waals surface area (Å²) in [6.45, 7) is 0.898. The maximum Gasteiger partial charge on any atom is 0.265 e. The van der Waals surface area contributed by atoms with Gasteiger partial charge in [0.2, 0.25) is 5.91 Å². The van der Waals surface area contributed by atoms with Gasteiger partial charge in [-0.05, 0) is 48.6 Å². The molecule has 1 aliphatic rings. The van der Waals surface area contributed by atoms with Gasteiger partial charge in [-0.2, -0.15) is 0 Å². The smallest absolute Gasteiger partial charge is 0.265 e. The molecule has 27 heavy (non-hydrogen) atoms. The van der Waals surface area contributed by atoms with Crippen LogP contribution < -0.4 is 15.0 Å². The first-order chi connectivity index (χ1) is 13.1. The monoisotopic (exact) mass is 388 g/mol. The van der Waals surface area contributed by atoms with Crippen molar-refractivity contribution in [1.29, 1.82) is 0 Å². The quantitative estimate of drug-likeness (QED) is 0.557. The molecule has 5 nitrogen and oxygen atoms in total. The van der Waals surface area contributed by atoms with Crippen molar-refractivity contribution in [1.82, 2.24) is 5.32 Å². The van der Waals surface area contributed by atoms with Crippen LogP contribution in [0.15, 0.2) is 53.4 Å². The Labute approximate surface area is 161 Å². The van der Waals surface area contributed by atoms with E-state index in [0.717, 1.165) is 17.1 Å². The van der Waals surface area contributed by atoms with Crippen LogP contribution in [0.25, 0.3) is 0 Å². The minimum Gasteiger partial charge on any atom is -0.482 e. The second-order valence-corrected chi connectivity index (χ2v) is 7.23. The number of ether oxygens (including phenoxy) is 1. The Hall–Kier alpha value is -2.54. The number of fused-ring (bicyclic) bond motifs is 1. The van der Waals surface area contributed by atoms with Gasteiger partial charge in [0.15, 0.2) is 6.61 Å². The number of thioether (sulfide) groups is 1. The topological polar surface area (TPSA) is 58.6 Å². The van der Waals surface area contributed by atoms with E-state index in [2.05, 4.69) is 5.32 Å². The van der Waals surface area contributed by atoms with Gasteiger partial charge in [0.05, 0.1) is 5.69 Å². The van der Waals surface area contributed by atoms with Crippen molar-refractivity contribution in [3.8, 4) is 5.75 Å². The molecular weight excluding hydrogens is 367 g/mol. The molecular formula is C20H21FN2O3S. The number of nitrogens with one attached hydrogen (secondary N) is 1. The molecule has 1 aliphatic heterocycles. The van der Waals surface area contributed by atoms with Crippen LogP contribution in [0.2, 0.25) is 0 Å². The fourth-order valence-corrected chi connectivity index (χ4v) is 3.57. The fraction of sp³-hybridized carbons (Fsp3) is 0.300. The summed E-state index contributed by atoms with van der Waals surface area (Å²) in [4.78, 5) is 26.7. The Morgan fingerprint density at radius 1 is 1.19 bits per heavy atom. The Balaban J connectivity index is 1.36. The standard InChI is InChI=1S/C20H21FN2O3S/c21-15-6-8-16(9-7-15)27-13-3-11-22-19(24)10-12-23-17-4-1-2-5-18(17)26-14-20(23)25/h1-2,4-9H,3,10-14H2,(H,22,24). The molecule has 0 bridgehead atoms. The van der Waals surface area contributed by atoms with E-state index in [1.807, 2.05) is 24.3 Å². The van der Waals surface area contributed by atoms with E-state index in [4.69, 9.17) is 4.74 Å². The van der Waals surface area contributed by atoms with Gasteiger partial charge in [-0.3, -0.25) is 9.59 Å². The molecule has 0 saturated carbocycles. The van der Waals surface area contributed by atoms with Gasteiger partial charge < -0.3 is 15.0 Å². The van der Waals surface area contributed by atoms with Crippen molar-refractivity contribution >= 4 is 29.3 Å². The zero-order valence-electron chi connectivity index (χ0n) is 14.8. The lowest BCUT2D eigenvalue weighted by atomic mass is 10.2. The fourth-order valence-electron chi connectivity index (χ4n) is 2.72. The summed E-state index contributed by atoms with van der Waals surface area (Å²) < 4.78 is 18.2. The minimum atomic E-state index is -0.243. The Kier molecular flexibility index (Phi) is 6.70. The van der Waals surface area contributed by atoms with E-state index in [1.165, 1.54) is 12.1 Å². The Bertz CT molecular complexity index is 798. The third-order valence-corrected chi connectivity index (χ3v) is 5.19. The van der Waals surface area contributed by atoms with Crippen molar-refractivity contribution < 1.29 is 18.7 Å². The molecule has 3 rings (SSSR count). The van der Waals surface area contributed by atoms with Crippen molar-refractivity contribution in [2.45, 2.75) is 17.7 Å². The van der Waals surface area contributed by atoms with E-state index in [9.17, 15) is 14.0 Å². The SMILES string of the molecule is O=C(CCN1C(=O)COc2ccccc21)NCCCSc1ccc(F)cc1. The summed E-state index contributed by atoms with van der Waals surface area (Å²) in [5.41, 5.74) is 0.706. The van der Waals surface area contributed by atoms with Gasteiger partial charge >= 0.3 is 0 Å². The molecule has 0 saturated heterocycles. The number of anilines is 1. The molecule has 0 spiro atoms. The highest BCUT2D eigenvalue weighted by Gasteiger charge is 2.25. The number of halogens is 1. The van der Waals surface area contributed by atoms with Crippen molar-refractivity contribution in [2.24, 2.45) is 0 Å². The largest absolute Gasteiger partial charge is 0.482 e. The lowest BCUT2D eigenvalue weighted by Gasteiger charge is -2.29. The number of hydrogen-bond acceptors (Lipinski definition) is 4. The van der Waals surface area contributed by atoms with Gasteiger partial charge in [0.1, 0.15) is 11.6 Å². The summed E-state index contributed by atoms with van der Waals surface area (Å²) in [6, 6.07) is 13.7. The number of rotatable bonds is 8. The number of carbonyl (C=O) groups is 2. The highest BCUT2D eigenvalue weighted by atomic mass is 32.2. The highest BCUT2D eigenvalue weighted by molar-refractivity contribution is 7.99. The Morgan fingerprint density at radius 3 is 2.78 bits per heavy atom. The van der Waals surface area contributed by atoms with E-state index in [1.54, 1.807) is 28.8 Å². The maximum absolute atomic E-state index is 12.8. The maximum atomic E-state index is 12.8. The molecule has 2 aromatic rings. The van der Waals surface area contributed by atoms with E-state index in [-0.39, 0.29) is 30.7 Å². The number of amides is 2. The number of hydrogen-bond donors (Lipinski definition) is 1. The van der Waals surface area contributed by atoms with Gasteiger partial charge in [0, 0.05) is 24.4 Å². The van der Waals surface area contributed by atoms with Crippen LogP contribution in [0, 0.1) is 5.82 Å². The average Bonchev–Trinajstić information content (AvgIpc) is 2.68. The second-order valence-electron chi connectivity index (χ2n) is 6.06. The molecule has 142 valence electrons. The van der Waals surface area contributed by atoms with Crippen molar-refractivity contribution in [3.63, 3.8) is 0 Å². The summed E-state index contributed by atoms with van der Waals surface area (Å²) in [7, 11) is 0. The Morgan fingerprint density at radius 2 is 1.96 bits per heavy atom. The molecule has 2 aromatic carbocycles. The van der Waals surface area contributed by atoms with Crippen LogP contribution in [0.4, 0.5) is 10.1 Å². The molecule has 0 fully saturated rings. The zero-order chi connectivity index (χ0) is 19.1. The highest BCUT2D eigenvalue weighted by Crippen LogP contribution is 2.31. The number of para-hydroxylation sites is 2. The molecule has 0 atom stereocenters. The lowest BCUT2D eigenvalue weighted by molar-refractivity contribution is -0.122. The van der Waals surface area contributed by atoms with Gasteiger partial charge in [-0.25, -0.2) is 4.39 Å². The zero-order valence-corrected chi connectivity index (χ0v) is 15.6. The van der Waals surface area contributed by atoms with Crippen LogP contribution >= 0.6 is 11.8 Å². The van der Waals surface area contributed by atoms with Gasteiger partial charge in [0.25, 0.3) is 5.91 Å². The molecule has 0 unspecified atom stereocenters. The molecule has 2 amide bonds. The first-order valence-electron chi connectivity index (χ1n) is 8.81. The van der Waals surface area contributed by atoms with Gasteiger partial charge in [-0.1, -0.05) is 12.1 Å². The van der Waals surface area contributed by atoms with Crippen LogP contribution in [-0.2, 0) is 9.59 Å². The first-order valence-corrected chi connectivity index (χ1v) is 9.79. The molecule has 7 heteroatoms. The van der Waals surface area contributed by atoms with E-state index in [0.29, 0.717) is 24.5 Å². The molecule has 1 heterocycles. The van der Waals surface area contributed by atoms with Crippen LogP contribution in [0.1, 0.15) is 12.8 Å². The first kappa shape index (κ1) is 19.2. The number of carbonyl (C=O) groups excluding carboxylic acids is 2. The molecule has 0 aromatic heterocycles. The summed E-state index contributed by atoms with van der Waals surface area (Å²) in [5.74, 6) is 1.03. The lowest BCUT2D eigenvalue weighted by Crippen LogP contribution is -2.41. The predicted molar refractivity (Wildman–Crippen MR) is 104 cm³/mol. The van der Waals surface area contributed by atoms with Crippen LogP contribution in [0.5, 0.6) is 5.75 Å². The molecule has 0 radical (unpaired) electrons. The van der Waals surface area contributed by atoms with Gasteiger partial charge in [-0.15, -0.1) is 11.8 Å². The summed E-state index contributed by atoms with van der Waals surface area (Å²) >= 11 is 1.62. The average molecular weight is 388 g/mol. The van der Waals surface area contributed by atoms with E-state index >= 15 is 0 Å². The minimum absolute atomic E-state index is 0.000753. The van der Waals surface area contributed by atoms with Crippen molar-refractivity contribution in [2.75, 3.05) is 30.3 Å². The van der Waals surface area contributed by atoms with E-state index < -0.39 is 0 Å². The summed E-state index contributed by atoms with van der Waals surface area (Å²) in [6.07, 6.45) is 1.05. The normalized spacial score (nSPS) is 13.1. The third-order valence-electron chi connectivity index (χ3n) is 4.10. The van der Waals surface area contributed by atoms with Crippen molar-refractivity contribution in [3.05, 3.63) is 54.3 Å². The van der Waals surface area contributed by atoms with Crippen LogP contribution in [-0.4, -0.2) is 37.3 Å². The second kappa shape index (κ2) is 9.41. The molecule has 0 aliphatic carbocycles. The third kappa shape index (κ3) is 5.47. The predicted octanol–water partition coefficient (Wildman–Crippen LogP) is 3.24. The molecule has 1 N–H and O–H groups in total. The summed E-state index contributed by atoms with van der Waals surface area (Å²) in [5, 5.41) is 2.87.